The predicted octanol–water partition coefficient (Wildman–Crippen LogP) is 3.19. The molecule has 0 bridgehead atoms. The fourth-order valence-corrected chi connectivity index (χ4v) is 1.99. The van der Waals surface area contributed by atoms with E-state index < -0.39 is 0 Å². The van der Waals surface area contributed by atoms with Crippen molar-refractivity contribution in [1.82, 2.24) is 4.90 Å². The van der Waals surface area contributed by atoms with Crippen LogP contribution < -0.4 is 0 Å². The Morgan fingerprint density at radius 1 is 1.40 bits per heavy atom. The first kappa shape index (κ1) is 12.3. The zero-order valence-corrected chi connectivity index (χ0v) is 10.4. The van der Waals surface area contributed by atoms with Gasteiger partial charge in [-0.3, -0.25) is 0 Å². The molecular weight excluding hydrogens is 190 g/mol. The third-order valence-electron chi connectivity index (χ3n) is 2.73. The van der Waals surface area contributed by atoms with Crippen LogP contribution in [0.5, 0.6) is 0 Å². The quantitative estimate of drug-likeness (QED) is 0.669. The van der Waals surface area contributed by atoms with E-state index in [1.807, 2.05) is 25.7 Å². The van der Waals surface area contributed by atoms with Crippen molar-refractivity contribution in [1.29, 1.82) is 0 Å². The summed E-state index contributed by atoms with van der Waals surface area (Å²) >= 11 is 0. The molecule has 0 radical (unpaired) electrons. The Hall–Kier alpha value is -0.730. The summed E-state index contributed by atoms with van der Waals surface area (Å²) in [4.78, 5) is 13.8. The van der Waals surface area contributed by atoms with E-state index in [1.54, 1.807) is 0 Å². The first-order valence-corrected chi connectivity index (χ1v) is 5.93. The van der Waals surface area contributed by atoms with Crippen LogP contribution in [0.1, 0.15) is 53.4 Å². The van der Waals surface area contributed by atoms with Crippen LogP contribution in [0.25, 0.3) is 0 Å². The fourth-order valence-electron chi connectivity index (χ4n) is 1.99. The van der Waals surface area contributed by atoms with Crippen LogP contribution in [0, 0.1) is 0 Å². The Balaban J connectivity index is 2.56. The second kappa shape index (κ2) is 4.86. The van der Waals surface area contributed by atoms with Gasteiger partial charge in [0.1, 0.15) is 5.60 Å². The highest BCUT2D eigenvalue weighted by Gasteiger charge is 2.29. The van der Waals surface area contributed by atoms with Crippen molar-refractivity contribution in [3.05, 3.63) is 0 Å². The van der Waals surface area contributed by atoms with Crippen molar-refractivity contribution in [2.24, 2.45) is 0 Å². The largest absolute Gasteiger partial charge is 0.444 e. The maximum Gasteiger partial charge on any atom is 0.410 e. The molecule has 0 spiro atoms. The molecule has 15 heavy (non-hydrogen) atoms. The lowest BCUT2D eigenvalue weighted by molar-refractivity contribution is 0.00944. The van der Waals surface area contributed by atoms with E-state index in [1.165, 1.54) is 6.42 Å². The zero-order chi connectivity index (χ0) is 11.5. The molecule has 1 saturated heterocycles. The lowest BCUT2D eigenvalue weighted by atomic mass is 10.0. The average Bonchev–Trinajstić information content (AvgIpc) is 2.15. The van der Waals surface area contributed by atoms with Gasteiger partial charge in [0.25, 0.3) is 0 Å². The van der Waals surface area contributed by atoms with E-state index in [4.69, 9.17) is 4.74 Å². The number of hydrogen-bond acceptors (Lipinski definition) is 2. The van der Waals surface area contributed by atoms with Gasteiger partial charge in [0.2, 0.25) is 0 Å². The number of amides is 1. The Kier molecular flexibility index (Phi) is 4.00. The molecule has 0 N–H and O–H groups in total. The van der Waals surface area contributed by atoms with Crippen LogP contribution in [0.15, 0.2) is 0 Å². The highest BCUT2D eigenvalue weighted by molar-refractivity contribution is 5.68. The summed E-state index contributed by atoms with van der Waals surface area (Å²) in [7, 11) is 0. The predicted molar refractivity (Wildman–Crippen MR) is 60.9 cm³/mol. The molecule has 88 valence electrons. The van der Waals surface area contributed by atoms with E-state index in [0.717, 1.165) is 25.8 Å². The van der Waals surface area contributed by atoms with Crippen LogP contribution >= 0.6 is 0 Å². The number of nitrogens with zero attached hydrogens (tertiary/aromatic N) is 1. The number of piperidine rings is 1. The molecule has 0 aliphatic carbocycles. The summed E-state index contributed by atoms with van der Waals surface area (Å²) in [6, 6.07) is 0.383. The molecule has 1 aliphatic rings. The van der Waals surface area contributed by atoms with Crippen LogP contribution in [-0.2, 0) is 4.74 Å². The lowest BCUT2D eigenvalue weighted by Gasteiger charge is -2.36. The second-order valence-electron chi connectivity index (χ2n) is 5.23. The summed E-state index contributed by atoms with van der Waals surface area (Å²) in [5.74, 6) is 0. The highest BCUT2D eigenvalue weighted by Crippen LogP contribution is 2.21. The van der Waals surface area contributed by atoms with Gasteiger partial charge in [0.15, 0.2) is 0 Å². The van der Waals surface area contributed by atoms with Gasteiger partial charge in [0.05, 0.1) is 0 Å². The van der Waals surface area contributed by atoms with Gasteiger partial charge in [-0.1, -0.05) is 6.92 Å². The van der Waals surface area contributed by atoms with Gasteiger partial charge in [-0.15, -0.1) is 0 Å². The second-order valence-corrected chi connectivity index (χ2v) is 5.23. The standard InChI is InChI=1S/C12H23NO2/c1-5-10-8-6-7-9-13(10)11(14)15-12(2,3)4/h10H,5-9H2,1-4H3. The van der Waals surface area contributed by atoms with E-state index >= 15 is 0 Å². The molecule has 1 aliphatic heterocycles. The summed E-state index contributed by atoms with van der Waals surface area (Å²) in [5, 5.41) is 0. The third-order valence-corrected chi connectivity index (χ3v) is 2.73. The average molecular weight is 213 g/mol. The number of carbonyl (C=O) groups excluding carboxylic acids is 1. The van der Waals surface area contributed by atoms with Gasteiger partial charge in [-0.2, -0.15) is 0 Å². The Labute approximate surface area is 92.8 Å². The van der Waals surface area contributed by atoms with Crippen molar-refractivity contribution in [2.75, 3.05) is 6.54 Å². The third kappa shape index (κ3) is 3.73. The van der Waals surface area contributed by atoms with Crippen LogP contribution in [0.3, 0.4) is 0 Å². The van der Waals surface area contributed by atoms with Gasteiger partial charge >= 0.3 is 6.09 Å². The first-order valence-electron chi connectivity index (χ1n) is 5.93. The minimum Gasteiger partial charge on any atom is -0.444 e. The number of ether oxygens (including phenoxy) is 1. The summed E-state index contributed by atoms with van der Waals surface area (Å²) in [5.41, 5.74) is -0.382. The van der Waals surface area contributed by atoms with Crippen molar-refractivity contribution in [3.63, 3.8) is 0 Å². The minimum absolute atomic E-state index is 0.144. The van der Waals surface area contributed by atoms with Gasteiger partial charge in [-0.05, 0) is 46.5 Å². The Morgan fingerprint density at radius 3 is 2.60 bits per heavy atom. The van der Waals surface area contributed by atoms with E-state index in [-0.39, 0.29) is 11.7 Å². The maximum atomic E-state index is 11.9. The molecule has 1 atom stereocenters. The van der Waals surface area contributed by atoms with E-state index in [2.05, 4.69) is 6.92 Å². The maximum absolute atomic E-state index is 11.9. The molecule has 1 heterocycles. The Morgan fingerprint density at radius 2 is 2.07 bits per heavy atom. The molecule has 1 unspecified atom stereocenters. The van der Waals surface area contributed by atoms with Gasteiger partial charge < -0.3 is 9.64 Å². The molecule has 1 fully saturated rings. The van der Waals surface area contributed by atoms with E-state index in [9.17, 15) is 4.79 Å². The molecule has 0 saturated carbocycles. The SMILES string of the molecule is CCC1CCCCN1C(=O)OC(C)(C)C. The molecule has 0 aromatic rings. The molecule has 3 heteroatoms. The monoisotopic (exact) mass is 213 g/mol. The number of carbonyl (C=O) groups is 1. The van der Waals surface area contributed by atoms with Crippen molar-refractivity contribution in [3.8, 4) is 0 Å². The van der Waals surface area contributed by atoms with Crippen LogP contribution in [0.2, 0.25) is 0 Å². The van der Waals surface area contributed by atoms with Crippen molar-refractivity contribution in [2.45, 2.75) is 65.0 Å². The van der Waals surface area contributed by atoms with E-state index in [0.29, 0.717) is 6.04 Å². The molecule has 1 rings (SSSR count). The minimum atomic E-state index is -0.382. The molecule has 3 nitrogen and oxygen atoms in total. The molecule has 0 aromatic carbocycles. The number of rotatable bonds is 1. The smallest absolute Gasteiger partial charge is 0.410 e. The number of hydrogen-bond donors (Lipinski definition) is 0. The molecule has 1 amide bonds. The summed E-state index contributed by atoms with van der Waals surface area (Å²) in [6.45, 7) is 8.72. The lowest BCUT2D eigenvalue weighted by Crippen LogP contribution is -2.45. The first-order chi connectivity index (χ1) is 6.94. The summed E-state index contributed by atoms with van der Waals surface area (Å²) in [6.07, 6.45) is 4.34. The summed E-state index contributed by atoms with van der Waals surface area (Å²) < 4.78 is 5.40. The number of likely N-dealkylation sites (tertiary alicyclic amines) is 1. The van der Waals surface area contributed by atoms with Crippen LogP contribution in [-0.4, -0.2) is 29.2 Å². The van der Waals surface area contributed by atoms with Crippen molar-refractivity contribution < 1.29 is 9.53 Å². The zero-order valence-electron chi connectivity index (χ0n) is 10.4. The van der Waals surface area contributed by atoms with Gasteiger partial charge in [-0.25, -0.2) is 4.79 Å². The molecular formula is C12H23NO2. The van der Waals surface area contributed by atoms with Crippen LogP contribution in [0.4, 0.5) is 4.79 Å². The van der Waals surface area contributed by atoms with Crippen molar-refractivity contribution >= 4 is 6.09 Å². The Bertz CT molecular complexity index is 220. The topological polar surface area (TPSA) is 29.5 Å². The fraction of sp³-hybridized carbons (Fsp3) is 0.917. The highest BCUT2D eigenvalue weighted by atomic mass is 16.6. The van der Waals surface area contributed by atoms with Gasteiger partial charge in [0, 0.05) is 12.6 Å². The molecule has 0 aromatic heterocycles. The normalized spacial score (nSPS) is 22.7.